The second kappa shape index (κ2) is 8.63. The molecule has 1 aromatic rings. The van der Waals surface area contributed by atoms with Crippen LogP contribution in [0.15, 0.2) is 18.2 Å². The number of amides is 2. The summed E-state index contributed by atoms with van der Waals surface area (Å²) < 4.78 is 11.5. The SMILES string of the molecule is CCOc1cc(C(=O)N2CCN(C(=O)C3CC3)CC2)ccc1OCC(C)C. The molecule has 0 spiro atoms. The van der Waals surface area contributed by atoms with Crippen LogP contribution in [0.3, 0.4) is 0 Å². The fourth-order valence-electron chi connectivity index (χ4n) is 3.19. The van der Waals surface area contributed by atoms with Crippen molar-refractivity contribution in [2.75, 3.05) is 39.4 Å². The molecule has 0 N–H and O–H groups in total. The van der Waals surface area contributed by atoms with E-state index in [4.69, 9.17) is 9.47 Å². The van der Waals surface area contributed by atoms with Crippen molar-refractivity contribution >= 4 is 11.8 Å². The van der Waals surface area contributed by atoms with Crippen LogP contribution >= 0.6 is 0 Å². The molecular formula is C21H30N2O4. The number of carbonyl (C=O) groups excluding carboxylic acids is 2. The zero-order valence-electron chi connectivity index (χ0n) is 16.6. The zero-order valence-corrected chi connectivity index (χ0v) is 16.6. The smallest absolute Gasteiger partial charge is 0.254 e. The third-order valence-corrected chi connectivity index (χ3v) is 4.87. The van der Waals surface area contributed by atoms with Crippen LogP contribution in [-0.4, -0.2) is 61.0 Å². The Balaban J connectivity index is 1.63. The fraction of sp³-hybridized carbons (Fsp3) is 0.619. The van der Waals surface area contributed by atoms with E-state index in [1.807, 2.05) is 22.8 Å². The third-order valence-electron chi connectivity index (χ3n) is 4.87. The van der Waals surface area contributed by atoms with Crippen molar-refractivity contribution < 1.29 is 19.1 Å². The van der Waals surface area contributed by atoms with Gasteiger partial charge < -0.3 is 19.3 Å². The minimum absolute atomic E-state index is 0.0233. The van der Waals surface area contributed by atoms with Gasteiger partial charge in [-0.05, 0) is 43.9 Å². The van der Waals surface area contributed by atoms with Crippen LogP contribution in [0.4, 0.5) is 0 Å². The molecule has 1 aromatic carbocycles. The van der Waals surface area contributed by atoms with Gasteiger partial charge >= 0.3 is 0 Å². The number of hydrogen-bond acceptors (Lipinski definition) is 4. The van der Waals surface area contributed by atoms with Gasteiger partial charge in [-0.3, -0.25) is 9.59 Å². The van der Waals surface area contributed by atoms with Gasteiger partial charge in [0.1, 0.15) is 0 Å². The van der Waals surface area contributed by atoms with Gasteiger partial charge in [-0.25, -0.2) is 0 Å². The minimum atomic E-state index is -0.0233. The van der Waals surface area contributed by atoms with Crippen molar-refractivity contribution in [2.45, 2.75) is 33.6 Å². The molecule has 0 unspecified atom stereocenters. The summed E-state index contributed by atoms with van der Waals surface area (Å²) in [5.74, 6) is 2.15. The Kier molecular flexibility index (Phi) is 6.24. The number of piperazine rings is 1. The highest BCUT2D eigenvalue weighted by Crippen LogP contribution is 2.32. The molecule has 0 bridgehead atoms. The molecule has 6 heteroatoms. The second-order valence-electron chi connectivity index (χ2n) is 7.69. The lowest BCUT2D eigenvalue weighted by Gasteiger charge is -2.35. The molecule has 2 fully saturated rings. The Morgan fingerprint density at radius 1 is 1.04 bits per heavy atom. The molecule has 1 aliphatic carbocycles. The van der Waals surface area contributed by atoms with Gasteiger partial charge in [-0.1, -0.05) is 13.8 Å². The molecule has 1 aliphatic heterocycles. The van der Waals surface area contributed by atoms with Gasteiger partial charge in [0.2, 0.25) is 5.91 Å². The maximum absolute atomic E-state index is 12.9. The normalized spacial score (nSPS) is 17.2. The number of hydrogen-bond donors (Lipinski definition) is 0. The minimum Gasteiger partial charge on any atom is -0.490 e. The van der Waals surface area contributed by atoms with Crippen LogP contribution in [0, 0.1) is 11.8 Å². The Morgan fingerprint density at radius 2 is 1.70 bits per heavy atom. The highest BCUT2D eigenvalue weighted by atomic mass is 16.5. The summed E-state index contributed by atoms with van der Waals surface area (Å²) in [6, 6.07) is 5.37. The van der Waals surface area contributed by atoms with Crippen LogP contribution in [-0.2, 0) is 4.79 Å². The first kappa shape index (κ1) is 19.5. The Morgan fingerprint density at radius 3 is 2.30 bits per heavy atom. The molecule has 27 heavy (non-hydrogen) atoms. The topological polar surface area (TPSA) is 59.1 Å². The van der Waals surface area contributed by atoms with E-state index in [1.54, 1.807) is 12.1 Å². The van der Waals surface area contributed by atoms with Crippen molar-refractivity contribution in [3.05, 3.63) is 23.8 Å². The quantitative estimate of drug-likeness (QED) is 0.736. The Hall–Kier alpha value is -2.24. The van der Waals surface area contributed by atoms with Gasteiger partial charge in [-0.2, -0.15) is 0 Å². The lowest BCUT2D eigenvalue weighted by atomic mass is 10.1. The van der Waals surface area contributed by atoms with E-state index in [2.05, 4.69) is 13.8 Å². The highest BCUT2D eigenvalue weighted by molar-refractivity contribution is 5.95. The molecule has 3 rings (SSSR count). The summed E-state index contributed by atoms with van der Waals surface area (Å²) in [4.78, 5) is 28.8. The number of ether oxygens (including phenoxy) is 2. The summed E-state index contributed by atoms with van der Waals surface area (Å²) in [5, 5.41) is 0. The summed E-state index contributed by atoms with van der Waals surface area (Å²) >= 11 is 0. The van der Waals surface area contributed by atoms with Crippen LogP contribution in [0.25, 0.3) is 0 Å². The molecule has 1 saturated heterocycles. The van der Waals surface area contributed by atoms with Crippen molar-refractivity contribution in [1.82, 2.24) is 9.80 Å². The number of rotatable bonds is 7. The largest absolute Gasteiger partial charge is 0.490 e. The van der Waals surface area contributed by atoms with E-state index in [0.717, 1.165) is 12.8 Å². The van der Waals surface area contributed by atoms with Crippen LogP contribution in [0.5, 0.6) is 11.5 Å². The van der Waals surface area contributed by atoms with E-state index in [9.17, 15) is 9.59 Å². The standard InChI is InChI=1S/C21H30N2O4/c1-4-26-19-13-17(7-8-18(19)27-14-15(2)3)21(25)23-11-9-22(10-12-23)20(24)16-5-6-16/h7-8,13,15-16H,4-6,9-12,14H2,1-3H3. The van der Waals surface area contributed by atoms with E-state index in [0.29, 0.717) is 62.4 Å². The summed E-state index contributed by atoms with van der Waals surface area (Å²) in [5.41, 5.74) is 0.595. The lowest BCUT2D eigenvalue weighted by molar-refractivity contribution is -0.134. The molecule has 1 heterocycles. The number of benzene rings is 1. The first-order valence-corrected chi connectivity index (χ1v) is 9.97. The molecule has 2 amide bonds. The van der Waals surface area contributed by atoms with Gasteiger partial charge in [-0.15, -0.1) is 0 Å². The van der Waals surface area contributed by atoms with Gasteiger partial charge in [0.15, 0.2) is 11.5 Å². The molecule has 0 radical (unpaired) electrons. The monoisotopic (exact) mass is 374 g/mol. The molecule has 1 saturated carbocycles. The predicted octanol–water partition coefficient (Wildman–Crippen LogP) is 2.81. The molecule has 6 nitrogen and oxygen atoms in total. The molecule has 0 aromatic heterocycles. The number of nitrogens with zero attached hydrogens (tertiary/aromatic N) is 2. The summed E-state index contributed by atoms with van der Waals surface area (Å²) in [6.07, 6.45) is 2.03. The maximum atomic E-state index is 12.9. The van der Waals surface area contributed by atoms with E-state index >= 15 is 0 Å². The van der Waals surface area contributed by atoms with Crippen molar-refractivity contribution in [1.29, 1.82) is 0 Å². The Bertz CT molecular complexity index is 677. The third kappa shape index (κ3) is 4.93. The fourth-order valence-corrected chi connectivity index (χ4v) is 3.19. The molecular weight excluding hydrogens is 344 g/mol. The first-order valence-electron chi connectivity index (χ1n) is 9.97. The van der Waals surface area contributed by atoms with Gasteiger partial charge in [0, 0.05) is 37.7 Å². The molecule has 0 atom stereocenters. The van der Waals surface area contributed by atoms with Crippen molar-refractivity contribution in [3.63, 3.8) is 0 Å². The number of carbonyl (C=O) groups is 2. The zero-order chi connectivity index (χ0) is 19.4. The predicted molar refractivity (Wildman–Crippen MR) is 103 cm³/mol. The summed E-state index contributed by atoms with van der Waals surface area (Å²) in [7, 11) is 0. The van der Waals surface area contributed by atoms with E-state index in [1.165, 1.54) is 0 Å². The van der Waals surface area contributed by atoms with Gasteiger partial charge in [0.05, 0.1) is 13.2 Å². The van der Waals surface area contributed by atoms with Crippen LogP contribution < -0.4 is 9.47 Å². The van der Waals surface area contributed by atoms with Crippen molar-refractivity contribution in [2.24, 2.45) is 11.8 Å². The summed E-state index contributed by atoms with van der Waals surface area (Å²) in [6.45, 7) is 9.60. The second-order valence-corrected chi connectivity index (χ2v) is 7.69. The van der Waals surface area contributed by atoms with Crippen LogP contribution in [0.2, 0.25) is 0 Å². The van der Waals surface area contributed by atoms with E-state index in [-0.39, 0.29) is 17.7 Å². The lowest BCUT2D eigenvalue weighted by Crippen LogP contribution is -2.51. The maximum Gasteiger partial charge on any atom is 0.254 e. The average Bonchev–Trinajstić information content (AvgIpc) is 3.51. The van der Waals surface area contributed by atoms with Crippen molar-refractivity contribution in [3.8, 4) is 11.5 Å². The average molecular weight is 374 g/mol. The molecule has 148 valence electrons. The van der Waals surface area contributed by atoms with E-state index < -0.39 is 0 Å². The first-order chi connectivity index (χ1) is 13.0. The van der Waals surface area contributed by atoms with Crippen LogP contribution in [0.1, 0.15) is 44.0 Å². The van der Waals surface area contributed by atoms with Gasteiger partial charge in [0.25, 0.3) is 5.91 Å². The highest BCUT2D eigenvalue weighted by Gasteiger charge is 2.35. The molecule has 2 aliphatic rings. The Labute approximate surface area is 161 Å².